The van der Waals surface area contributed by atoms with Gasteiger partial charge in [0.1, 0.15) is 0 Å². The molecule has 0 aromatic heterocycles. The average Bonchev–Trinajstić information content (AvgIpc) is 2.49. The van der Waals surface area contributed by atoms with Gasteiger partial charge in [0.2, 0.25) is 0 Å². The Morgan fingerprint density at radius 3 is 2.70 bits per heavy atom. The van der Waals surface area contributed by atoms with Crippen LogP contribution in [-0.4, -0.2) is 40.9 Å². The number of benzene rings is 1. The lowest BCUT2D eigenvalue weighted by Gasteiger charge is -2.36. The molecule has 0 aliphatic carbocycles. The minimum Gasteiger partial charge on any atom is -0.396 e. The number of rotatable bonds is 5. The Labute approximate surface area is 120 Å². The van der Waals surface area contributed by atoms with Crippen LogP contribution in [0.2, 0.25) is 0 Å². The van der Waals surface area contributed by atoms with Gasteiger partial charge in [0, 0.05) is 19.2 Å². The van der Waals surface area contributed by atoms with E-state index in [9.17, 15) is 5.11 Å². The van der Waals surface area contributed by atoms with Gasteiger partial charge in [0.05, 0.1) is 17.7 Å². The third-order valence-electron chi connectivity index (χ3n) is 4.04. The Balaban J connectivity index is 1.97. The zero-order valence-corrected chi connectivity index (χ0v) is 11.7. The van der Waals surface area contributed by atoms with Gasteiger partial charge in [-0.3, -0.25) is 4.90 Å². The lowest BCUT2D eigenvalue weighted by Crippen LogP contribution is -2.42. The topological polar surface area (TPSA) is 67.5 Å². The van der Waals surface area contributed by atoms with E-state index in [1.165, 1.54) is 6.42 Å². The van der Waals surface area contributed by atoms with Gasteiger partial charge in [-0.2, -0.15) is 5.26 Å². The molecular formula is C16H22N2O2. The van der Waals surface area contributed by atoms with Gasteiger partial charge in [-0.05, 0) is 43.5 Å². The molecule has 1 heterocycles. The second-order valence-corrected chi connectivity index (χ2v) is 5.41. The SMILES string of the molecule is N#Cc1ccc(C(O)CN2CCCCC2CCO)cc1. The molecule has 2 N–H and O–H groups in total. The van der Waals surface area contributed by atoms with Crippen molar-refractivity contribution in [2.45, 2.75) is 37.8 Å². The van der Waals surface area contributed by atoms with Gasteiger partial charge in [-0.1, -0.05) is 18.6 Å². The Morgan fingerprint density at radius 1 is 1.30 bits per heavy atom. The Kier molecular flexibility index (Phi) is 5.54. The van der Waals surface area contributed by atoms with E-state index in [2.05, 4.69) is 11.0 Å². The highest BCUT2D eigenvalue weighted by Gasteiger charge is 2.24. The van der Waals surface area contributed by atoms with E-state index in [0.717, 1.165) is 31.4 Å². The molecule has 108 valence electrons. The van der Waals surface area contributed by atoms with E-state index in [4.69, 9.17) is 10.4 Å². The molecule has 1 aliphatic rings. The average molecular weight is 274 g/mol. The number of hydrogen-bond donors (Lipinski definition) is 2. The largest absolute Gasteiger partial charge is 0.396 e. The molecule has 0 bridgehead atoms. The maximum atomic E-state index is 10.3. The molecule has 4 nitrogen and oxygen atoms in total. The van der Waals surface area contributed by atoms with Gasteiger partial charge in [0.15, 0.2) is 0 Å². The lowest BCUT2D eigenvalue weighted by molar-refractivity contribution is 0.0565. The molecule has 1 aromatic rings. The van der Waals surface area contributed by atoms with Crippen molar-refractivity contribution in [1.29, 1.82) is 5.26 Å². The minimum atomic E-state index is -0.540. The van der Waals surface area contributed by atoms with Crippen LogP contribution < -0.4 is 0 Å². The molecule has 0 saturated carbocycles. The van der Waals surface area contributed by atoms with E-state index < -0.39 is 6.10 Å². The highest BCUT2D eigenvalue weighted by Crippen LogP contribution is 2.23. The van der Waals surface area contributed by atoms with E-state index in [0.29, 0.717) is 18.2 Å². The van der Waals surface area contributed by atoms with Crippen molar-refractivity contribution in [3.8, 4) is 6.07 Å². The van der Waals surface area contributed by atoms with Crippen molar-refractivity contribution in [1.82, 2.24) is 4.90 Å². The second-order valence-electron chi connectivity index (χ2n) is 5.41. The van der Waals surface area contributed by atoms with Crippen molar-refractivity contribution in [2.75, 3.05) is 19.7 Å². The fourth-order valence-electron chi connectivity index (χ4n) is 2.88. The molecule has 1 fully saturated rings. The Morgan fingerprint density at radius 2 is 2.05 bits per heavy atom. The molecule has 1 aliphatic heterocycles. The maximum absolute atomic E-state index is 10.3. The van der Waals surface area contributed by atoms with Gasteiger partial charge >= 0.3 is 0 Å². The number of aliphatic hydroxyl groups is 2. The Hall–Kier alpha value is -1.41. The molecule has 2 rings (SSSR count). The Bertz CT molecular complexity index is 451. The van der Waals surface area contributed by atoms with Crippen LogP contribution in [0.4, 0.5) is 0 Å². The third-order valence-corrected chi connectivity index (χ3v) is 4.04. The standard InChI is InChI=1S/C16H22N2O2/c17-11-13-4-6-14(7-5-13)16(20)12-18-9-2-1-3-15(18)8-10-19/h4-7,15-16,19-20H,1-3,8-10,12H2. The van der Waals surface area contributed by atoms with Gasteiger partial charge in [-0.25, -0.2) is 0 Å². The molecule has 0 amide bonds. The minimum absolute atomic E-state index is 0.203. The zero-order valence-electron chi connectivity index (χ0n) is 11.7. The summed E-state index contributed by atoms with van der Waals surface area (Å²) in [4.78, 5) is 2.28. The highest BCUT2D eigenvalue weighted by atomic mass is 16.3. The summed E-state index contributed by atoms with van der Waals surface area (Å²) in [5.41, 5.74) is 1.45. The number of β-amino-alcohol motifs (C(OH)–C–C–N with tert-alkyl or cyclic N) is 1. The smallest absolute Gasteiger partial charge is 0.0991 e. The van der Waals surface area contributed by atoms with Gasteiger partial charge in [0.25, 0.3) is 0 Å². The second kappa shape index (κ2) is 7.39. The zero-order chi connectivity index (χ0) is 14.4. The van der Waals surface area contributed by atoms with Crippen molar-refractivity contribution in [3.63, 3.8) is 0 Å². The first-order valence-corrected chi connectivity index (χ1v) is 7.27. The van der Waals surface area contributed by atoms with Crippen LogP contribution in [0.1, 0.15) is 42.9 Å². The van der Waals surface area contributed by atoms with Crippen LogP contribution in [0.3, 0.4) is 0 Å². The highest BCUT2D eigenvalue weighted by molar-refractivity contribution is 5.32. The van der Waals surface area contributed by atoms with Gasteiger partial charge < -0.3 is 10.2 Å². The number of hydrogen-bond acceptors (Lipinski definition) is 4. The predicted molar refractivity (Wildman–Crippen MR) is 77.0 cm³/mol. The van der Waals surface area contributed by atoms with Crippen LogP contribution >= 0.6 is 0 Å². The molecule has 20 heavy (non-hydrogen) atoms. The lowest BCUT2D eigenvalue weighted by atomic mass is 9.98. The summed E-state index contributed by atoms with van der Waals surface area (Å²) < 4.78 is 0. The van der Waals surface area contributed by atoms with Crippen LogP contribution in [0, 0.1) is 11.3 Å². The van der Waals surface area contributed by atoms with Crippen molar-refractivity contribution in [3.05, 3.63) is 35.4 Å². The first kappa shape index (κ1) is 15.0. The number of likely N-dealkylation sites (tertiary alicyclic amines) is 1. The number of piperidine rings is 1. The van der Waals surface area contributed by atoms with Crippen LogP contribution in [0.25, 0.3) is 0 Å². The van der Waals surface area contributed by atoms with Crippen molar-refractivity contribution < 1.29 is 10.2 Å². The molecule has 0 radical (unpaired) electrons. The van der Waals surface area contributed by atoms with E-state index >= 15 is 0 Å². The molecule has 0 spiro atoms. The summed E-state index contributed by atoms with van der Waals surface area (Å²) in [5, 5.41) is 28.2. The molecule has 2 atom stereocenters. The number of nitrogens with zero attached hydrogens (tertiary/aromatic N) is 2. The normalized spacial score (nSPS) is 21.4. The first-order valence-electron chi connectivity index (χ1n) is 7.27. The van der Waals surface area contributed by atoms with Crippen LogP contribution in [0.15, 0.2) is 24.3 Å². The summed E-state index contributed by atoms with van der Waals surface area (Å²) in [6.07, 6.45) is 3.69. The summed E-state index contributed by atoms with van der Waals surface area (Å²) in [7, 11) is 0. The monoisotopic (exact) mass is 274 g/mol. The molecular weight excluding hydrogens is 252 g/mol. The van der Waals surface area contributed by atoms with E-state index in [1.54, 1.807) is 12.1 Å². The van der Waals surface area contributed by atoms with E-state index in [-0.39, 0.29) is 6.61 Å². The molecule has 2 unspecified atom stereocenters. The van der Waals surface area contributed by atoms with E-state index in [1.807, 2.05) is 12.1 Å². The van der Waals surface area contributed by atoms with Crippen LogP contribution in [-0.2, 0) is 0 Å². The molecule has 1 saturated heterocycles. The third kappa shape index (κ3) is 3.80. The summed E-state index contributed by atoms with van der Waals surface area (Å²) in [6, 6.07) is 9.55. The summed E-state index contributed by atoms with van der Waals surface area (Å²) >= 11 is 0. The van der Waals surface area contributed by atoms with Crippen molar-refractivity contribution >= 4 is 0 Å². The number of aliphatic hydroxyl groups excluding tert-OH is 2. The predicted octanol–water partition coefficient (Wildman–Crippen LogP) is 1.83. The fourth-order valence-corrected chi connectivity index (χ4v) is 2.88. The maximum Gasteiger partial charge on any atom is 0.0991 e. The fraction of sp³-hybridized carbons (Fsp3) is 0.562. The van der Waals surface area contributed by atoms with Crippen molar-refractivity contribution in [2.24, 2.45) is 0 Å². The molecule has 1 aromatic carbocycles. The summed E-state index contributed by atoms with van der Waals surface area (Å²) in [5.74, 6) is 0. The first-order chi connectivity index (χ1) is 9.74. The van der Waals surface area contributed by atoms with Gasteiger partial charge in [-0.15, -0.1) is 0 Å². The quantitative estimate of drug-likeness (QED) is 0.859. The van der Waals surface area contributed by atoms with Crippen LogP contribution in [0.5, 0.6) is 0 Å². The summed E-state index contributed by atoms with van der Waals surface area (Å²) in [6.45, 7) is 1.78. The molecule has 4 heteroatoms. The number of nitriles is 1.